The summed E-state index contributed by atoms with van der Waals surface area (Å²) in [6, 6.07) is 11.6. The molecule has 0 N–H and O–H groups in total. The molecule has 0 radical (unpaired) electrons. The van der Waals surface area contributed by atoms with Gasteiger partial charge in [-0.3, -0.25) is 14.7 Å². The molecule has 0 aliphatic heterocycles. The lowest BCUT2D eigenvalue weighted by Gasteiger charge is -2.14. The first-order valence-corrected chi connectivity index (χ1v) is 9.22. The smallest absolute Gasteiger partial charge is 0.279 e. The summed E-state index contributed by atoms with van der Waals surface area (Å²) in [5, 5.41) is 2.54. The number of aromatic nitrogens is 2. The molecular weight excluding hydrogens is 346 g/mol. The van der Waals surface area contributed by atoms with Gasteiger partial charge in [-0.15, -0.1) is 11.3 Å². The van der Waals surface area contributed by atoms with Gasteiger partial charge < -0.3 is 4.42 Å². The fourth-order valence-corrected chi connectivity index (χ4v) is 4.40. The zero-order chi connectivity index (χ0) is 17.7. The van der Waals surface area contributed by atoms with E-state index in [4.69, 9.17) is 9.40 Å². The number of carbonyl (C=O) groups is 1. The number of pyridine rings is 1. The molecule has 5 rings (SSSR count). The van der Waals surface area contributed by atoms with E-state index >= 15 is 0 Å². The fourth-order valence-electron chi connectivity index (χ4n) is 3.37. The second-order valence-corrected chi connectivity index (χ2v) is 7.33. The van der Waals surface area contributed by atoms with Gasteiger partial charge in [0.2, 0.25) is 0 Å². The largest absolute Gasteiger partial charge is 0.469 e. The van der Waals surface area contributed by atoms with Crippen molar-refractivity contribution in [3.8, 4) is 11.3 Å². The van der Waals surface area contributed by atoms with Crippen molar-refractivity contribution in [1.82, 2.24) is 9.97 Å². The maximum Gasteiger partial charge on any atom is 0.279 e. The van der Waals surface area contributed by atoms with E-state index in [9.17, 15) is 4.79 Å². The molecule has 26 heavy (non-hydrogen) atoms. The minimum atomic E-state index is -0.152. The Labute approximate surface area is 153 Å². The Kier molecular flexibility index (Phi) is 3.39. The van der Waals surface area contributed by atoms with Crippen molar-refractivity contribution < 1.29 is 9.21 Å². The highest BCUT2D eigenvalue weighted by molar-refractivity contribution is 7.16. The molecule has 0 spiro atoms. The average Bonchev–Trinajstić information content (AvgIpc) is 3.32. The van der Waals surface area contributed by atoms with Gasteiger partial charge in [0.05, 0.1) is 12.0 Å². The number of hydrogen-bond acceptors (Lipinski definition) is 5. The third kappa shape index (κ3) is 2.26. The number of benzene rings is 1. The monoisotopic (exact) mass is 361 g/mol. The highest BCUT2D eigenvalue weighted by Crippen LogP contribution is 2.39. The number of nitrogens with zero attached hydrogens (tertiary/aromatic N) is 3. The van der Waals surface area contributed by atoms with Gasteiger partial charge in [-0.05, 0) is 23.9 Å². The Morgan fingerprint density at radius 2 is 2.08 bits per heavy atom. The zero-order valence-electron chi connectivity index (χ0n) is 14.1. The number of furan rings is 1. The molecule has 0 atom stereocenters. The SMILES string of the molecule is CN(C(=O)c1nccc2ccccc12)c1nc2c(s1)CCc1occc1-2. The van der Waals surface area contributed by atoms with Gasteiger partial charge in [0.15, 0.2) is 5.13 Å². The number of hydrogen-bond donors (Lipinski definition) is 0. The van der Waals surface area contributed by atoms with Crippen molar-refractivity contribution in [1.29, 1.82) is 0 Å². The first-order chi connectivity index (χ1) is 12.7. The third-order valence-electron chi connectivity index (χ3n) is 4.73. The molecule has 5 nitrogen and oxygen atoms in total. The van der Waals surface area contributed by atoms with Crippen LogP contribution in [0.15, 0.2) is 53.3 Å². The average molecular weight is 361 g/mol. The topological polar surface area (TPSA) is 59.2 Å². The summed E-state index contributed by atoms with van der Waals surface area (Å²) < 4.78 is 5.52. The number of amides is 1. The summed E-state index contributed by atoms with van der Waals surface area (Å²) in [7, 11) is 1.76. The van der Waals surface area contributed by atoms with Crippen LogP contribution in [0.25, 0.3) is 22.0 Å². The standard InChI is InChI=1S/C20H15N3O2S/c1-23(19(24)18-13-5-3-2-4-12(13)8-10-21-18)20-22-17-14-9-11-25-15(14)6-7-16(17)26-20/h2-5,8-11H,6-7H2,1H3. The molecule has 0 fully saturated rings. The van der Waals surface area contributed by atoms with Gasteiger partial charge in [-0.25, -0.2) is 4.98 Å². The summed E-state index contributed by atoms with van der Waals surface area (Å²) in [6.45, 7) is 0. The molecule has 1 aromatic carbocycles. The lowest BCUT2D eigenvalue weighted by Crippen LogP contribution is -2.27. The first kappa shape index (κ1) is 15.3. The third-order valence-corrected chi connectivity index (χ3v) is 5.93. The predicted octanol–water partition coefficient (Wildman–Crippen LogP) is 4.33. The van der Waals surface area contributed by atoms with Crippen LogP contribution in [0.2, 0.25) is 0 Å². The lowest BCUT2D eigenvalue weighted by molar-refractivity contribution is 0.0990. The van der Waals surface area contributed by atoms with Gasteiger partial charge in [-0.1, -0.05) is 24.3 Å². The van der Waals surface area contributed by atoms with Crippen LogP contribution in [0.1, 0.15) is 21.1 Å². The summed E-state index contributed by atoms with van der Waals surface area (Å²) in [6.07, 6.45) is 5.14. The number of rotatable bonds is 2. The highest BCUT2D eigenvalue weighted by atomic mass is 32.1. The van der Waals surface area contributed by atoms with E-state index in [0.29, 0.717) is 10.8 Å². The minimum absolute atomic E-state index is 0.152. The molecule has 1 aliphatic rings. The van der Waals surface area contributed by atoms with Crippen LogP contribution in [-0.2, 0) is 12.8 Å². The summed E-state index contributed by atoms with van der Waals surface area (Å²) in [4.78, 5) is 24.9. The molecule has 0 bridgehead atoms. The zero-order valence-corrected chi connectivity index (χ0v) is 14.9. The predicted molar refractivity (Wildman–Crippen MR) is 102 cm³/mol. The maximum absolute atomic E-state index is 13.1. The molecule has 128 valence electrons. The van der Waals surface area contributed by atoms with Crippen LogP contribution in [0.4, 0.5) is 5.13 Å². The van der Waals surface area contributed by atoms with E-state index in [2.05, 4.69) is 4.98 Å². The number of thiazole rings is 1. The second kappa shape index (κ2) is 5.78. The van der Waals surface area contributed by atoms with Crippen LogP contribution >= 0.6 is 11.3 Å². The number of carbonyl (C=O) groups excluding carboxylic acids is 1. The summed E-state index contributed by atoms with van der Waals surface area (Å²) in [5.41, 5.74) is 2.42. The van der Waals surface area contributed by atoms with E-state index in [0.717, 1.165) is 40.6 Å². The Morgan fingerprint density at radius 1 is 1.19 bits per heavy atom. The Hall–Kier alpha value is -2.99. The van der Waals surface area contributed by atoms with Crippen molar-refractivity contribution in [2.75, 3.05) is 11.9 Å². The summed E-state index contributed by atoms with van der Waals surface area (Å²) >= 11 is 1.56. The van der Waals surface area contributed by atoms with Gasteiger partial charge in [0, 0.05) is 35.5 Å². The minimum Gasteiger partial charge on any atom is -0.469 e. The van der Waals surface area contributed by atoms with Crippen LogP contribution in [0, 0.1) is 0 Å². The molecule has 1 amide bonds. The first-order valence-electron chi connectivity index (χ1n) is 8.40. The Balaban J connectivity index is 1.55. The molecule has 0 unspecified atom stereocenters. The normalized spacial score (nSPS) is 12.7. The molecule has 0 saturated carbocycles. The van der Waals surface area contributed by atoms with Crippen molar-refractivity contribution in [2.24, 2.45) is 0 Å². The lowest BCUT2D eigenvalue weighted by atomic mass is 10.0. The van der Waals surface area contributed by atoms with E-state index in [-0.39, 0.29) is 5.91 Å². The summed E-state index contributed by atoms with van der Waals surface area (Å²) in [5.74, 6) is 0.819. The van der Waals surface area contributed by atoms with Crippen LogP contribution in [-0.4, -0.2) is 22.9 Å². The van der Waals surface area contributed by atoms with Crippen molar-refractivity contribution in [3.63, 3.8) is 0 Å². The number of aryl methyl sites for hydroxylation is 2. The molecule has 3 aromatic heterocycles. The second-order valence-electron chi connectivity index (χ2n) is 6.27. The van der Waals surface area contributed by atoms with Crippen LogP contribution < -0.4 is 4.90 Å². The van der Waals surface area contributed by atoms with E-state index < -0.39 is 0 Å². The van der Waals surface area contributed by atoms with Gasteiger partial charge in [0.25, 0.3) is 5.91 Å². The van der Waals surface area contributed by atoms with E-state index in [1.54, 1.807) is 35.7 Å². The molecule has 6 heteroatoms. The van der Waals surface area contributed by atoms with E-state index in [1.165, 1.54) is 4.88 Å². The maximum atomic E-state index is 13.1. The molecule has 4 aromatic rings. The Bertz CT molecular complexity index is 1140. The van der Waals surface area contributed by atoms with Gasteiger partial charge in [-0.2, -0.15) is 0 Å². The fraction of sp³-hybridized carbons (Fsp3) is 0.150. The molecule has 0 saturated heterocycles. The Morgan fingerprint density at radius 3 is 3.00 bits per heavy atom. The van der Waals surface area contributed by atoms with E-state index in [1.807, 2.05) is 36.4 Å². The van der Waals surface area contributed by atoms with Crippen LogP contribution in [0.3, 0.4) is 0 Å². The quantitative estimate of drug-likeness (QED) is 0.533. The number of anilines is 1. The van der Waals surface area contributed by atoms with Gasteiger partial charge in [0.1, 0.15) is 11.5 Å². The number of fused-ring (bicyclic) bond motifs is 4. The van der Waals surface area contributed by atoms with Crippen molar-refractivity contribution in [2.45, 2.75) is 12.8 Å². The molecule has 3 heterocycles. The molecular formula is C20H15N3O2S. The molecule has 1 aliphatic carbocycles. The van der Waals surface area contributed by atoms with Crippen molar-refractivity contribution >= 4 is 33.1 Å². The van der Waals surface area contributed by atoms with Gasteiger partial charge >= 0.3 is 0 Å². The highest BCUT2D eigenvalue weighted by Gasteiger charge is 2.26. The van der Waals surface area contributed by atoms with Crippen LogP contribution in [0.5, 0.6) is 0 Å². The van der Waals surface area contributed by atoms with Crippen molar-refractivity contribution in [3.05, 3.63) is 65.2 Å².